The van der Waals surface area contributed by atoms with Crippen molar-refractivity contribution < 1.29 is 13.6 Å². The van der Waals surface area contributed by atoms with Gasteiger partial charge in [-0.15, -0.1) is 0 Å². The maximum Gasteiger partial charge on any atom is 0.179 e. The molecule has 0 saturated carbocycles. The smallest absolute Gasteiger partial charge is 0.179 e. The van der Waals surface area contributed by atoms with Crippen LogP contribution in [0.5, 0.6) is 0 Å². The number of rotatable bonds is 3. The standard InChI is InChI=1S/C15H19F2NO/c1-10-5-6-18(8-11(10)2)9-15(19)13-4-3-12(16)7-14(13)17/h3-4,7,10-11H,5-6,8-9H2,1-2H3. The van der Waals surface area contributed by atoms with E-state index in [1.807, 2.05) is 0 Å². The quantitative estimate of drug-likeness (QED) is 0.784. The first kappa shape index (κ1) is 14.1. The van der Waals surface area contributed by atoms with Crippen LogP contribution in [0.1, 0.15) is 30.6 Å². The van der Waals surface area contributed by atoms with Gasteiger partial charge in [-0.1, -0.05) is 13.8 Å². The highest BCUT2D eigenvalue weighted by atomic mass is 19.1. The lowest BCUT2D eigenvalue weighted by Gasteiger charge is -2.34. The van der Waals surface area contributed by atoms with E-state index in [-0.39, 0.29) is 17.9 Å². The second-order valence-corrected chi connectivity index (χ2v) is 5.53. The van der Waals surface area contributed by atoms with Crippen molar-refractivity contribution >= 4 is 5.78 Å². The second-order valence-electron chi connectivity index (χ2n) is 5.53. The van der Waals surface area contributed by atoms with Crippen molar-refractivity contribution in [2.45, 2.75) is 20.3 Å². The first-order valence-corrected chi connectivity index (χ1v) is 6.68. The fraction of sp³-hybridized carbons (Fsp3) is 0.533. The van der Waals surface area contributed by atoms with Crippen LogP contribution in [0.4, 0.5) is 8.78 Å². The first-order chi connectivity index (χ1) is 8.97. The molecule has 1 aromatic carbocycles. The number of hydrogen-bond acceptors (Lipinski definition) is 2. The molecular weight excluding hydrogens is 248 g/mol. The van der Waals surface area contributed by atoms with Crippen LogP contribution >= 0.6 is 0 Å². The van der Waals surface area contributed by atoms with Crippen LogP contribution < -0.4 is 0 Å². The molecular formula is C15H19F2NO. The van der Waals surface area contributed by atoms with E-state index < -0.39 is 11.6 Å². The van der Waals surface area contributed by atoms with Crippen molar-refractivity contribution in [2.24, 2.45) is 11.8 Å². The van der Waals surface area contributed by atoms with Crippen molar-refractivity contribution in [3.05, 3.63) is 35.4 Å². The predicted molar refractivity (Wildman–Crippen MR) is 70.1 cm³/mol. The lowest BCUT2D eigenvalue weighted by molar-refractivity contribution is 0.0845. The molecule has 1 fully saturated rings. The predicted octanol–water partition coefficient (Wildman–Crippen LogP) is 3.13. The summed E-state index contributed by atoms with van der Waals surface area (Å²) in [4.78, 5) is 14.1. The summed E-state index contributed by atoms with van der Waals surface area (Å²) in [6.07, 6.45) is 1.06. The van der Waals surface area contributed by atoms with Gasteiger partial charge in [0.25, 0.3) is 0 Å². The number of piperidine rings is 1. The minimum atomic E-state index is -0.775. The molecule has 0 aliphatic carbocycles. The van der Waals surface area contributed by atoms with Gasteiger partial charge >= 0.3 is 0 Å². The molecule has 0 bridgehead atoms. The molecule has 1 saturated heterocycles. The van der Waals surface area contributed by atoms with E-state index in [1.165, 1.54) is 6.07 Å². The molecule has 1 heterocycles. The number of ketones is 1. The highest BCUT2D eigenvalue weighted by molar-refractivity contribution is 5.97. The van der Waals surface area contributed by atoms with Crippen molar-refractivity contribution in [3.63, 3.8) is 0 Å². The first-order valence-electron chi connectivity index (χ1n) is 6.68. The van der Waals surface area contributed by atoms with E-state index in [0.717, 1.165) is 31.6 Å². The summed E-state index contributed by atoms with van der Waals surface area (Å²) in [6, 6.07) is 3.11. The molecule has 0 amide bonds. The van der Waals surface area contributed by atoms with Crippen molar-refractivity contribution in [1.29, 1.82) is 0 Å². The summed E-state index contributed by atoms with van der Waals surface area (Å²) in [5.41, 5.74) is -0.0207. The molecule has 1 aliphatic heterocycles. The highest BCUT2D eigenvalue weighted by Gasteiger charge is 2.25. The Morgan fingerprint density at radius 3 is 2.68 bits per heavy atom. The third-order valence-corrected chi connectivity index (χ3v) is 4.02. The Morgan fingerprint density at radius 2 is 2.05 bits per heavy atom. The number of benzene rings is 1. The van der Waals surface area contributed by atoms with Crippen LogP contribution in [0, 0.1) is 23.5 Å². The van der Waals surface area contributed by atoms with Crippen molar-refractivity contribution in [1.82, 2.24) is 4.90 Å². The number of hydrogen-bond donors (Lipinski definition) is 0. The monoisotopic (exact) mass is 267 g/mol. The molecule has 0 spiro atoms. The van der Waals surface area contributed by atoms with Gasteiger partial charge in [-0.25, -0.2) is 8.78 Å². The van der Waals surface area contributed by atoms with Gasteiger partial charge in [0.1, 0.15) is 11.6 Å². The van der Waals surface area contributed by atoms with Gasteiger partial charge < -0.3 is 0 Å². The lowest BCUT2D eigenvalue weighted by Crippen LogP contribution is -2.41. The Balaban J connectivity index is 2.01. The summed E-state index contributed by atoms with van der Waals surface area (Å²) in [5.74, 6) is -0.509. The summed E-state index contributed by atoms with van der Waals surface area (Å²) >= 11 is 0. The highest BCUT2D eigenvalue weighted by Crippen LogP contribution is 2.22. The number of carbonyl (C=O) groups is 1. The molecule has 2 nitrogen and oxygen atoms in total. The topological polar surface area (TPSA) is 20.3 Å². The molecule has 2 atom stereocenters. The zero-order valence-corrected chi connectivity index (χ0v) is 11.3. The van der Waals surface area contributed by atoms with Crippen LogP contribution in [0.15, 0.2) is 18.2 Å². The fourth-order valence-electron chi connectivity index (χ4n) is 2.50. The van der Waals surface area contributed by atoms with Gasteiger partial charge in [-0.05, 0) is 36.9 Å². The minimum absolute atomic E-state index is 0.0207. The SMILES string of the molecule is CC1CCN(CC(=O)c2ccc(F)cc2F)CC1C. The van der Waals surface area contributed by atoms with Crippen LogP contribution in [0.25, 0.3) is 0 Å². The zero-order valence-electron chi connectivity index (χ0n) is 11.3. The van der Waals surface area contributed by atoms with Crippen molar-refractivity contribution in [3.8, 4) is 0 Å². The Morgan fingerprint density at radius 1 is 1.32 bits per heavy atom. The molecule has 19 heavy (non-hydrogen) atoms. The van der Waals surface area contributed by atoms with Crippen molar-refractivity contribution in [2.75, 3.05) is 19.6 Å². The van der Waals surface area contributed by atoms with Crippen LogP contribution in [0.3, 0.4) is 0 Å². The average Bonchev–Trinajstić information content (AvgIpc) is 2.33. The van der Waals surface area contributed by atoms with Gasteiger partial charge in [0.2, 0.25) is 0 Å². The minimum Gasteiger partial charge on any atom is -0.296 e. The largest absolute Gasteiger partial charge is 0.296 e. The van der Waals surface area contributed by atoms with E-state index in [1.54, 1.807) is 0 Å². The number of halogens is 2. The van der Waals surface area contributed by atoms with Gasteiger partial charge in [0.05, 0.1) is 12.1 Å². The van der Waals surface area contributed by atoms with E-state index in [4.69, 9.17) is 0 Å². The number of nitrogens with zero attached hydrogens (tertiary/aromatic N) is 1. The summed E-state index contributed by atoms with van der Waals surface area (Å²) in [6.45, 7) is 6.30. The fourth-order valence-corrected chi connectivity index (χ4v) is 2.50. The van der Waals surface area contributed by atoms with E-state index in [0.29, 0.717) is 11.8 Å². The van der Waals surface area contributed by atoms with E-state index >= 15 is 0 Å². The summed E-state index contributed by atoms with van der Waals surface area (Å²) in [7, 11) is 0. The molecule has 2 rings (SSSR count). The third kappa shape index (κ3) is 3.38. The molecule has 0 N–H and O–H groups in total. The van der Waals surface area contributed by atoms with Crippen LogP contribution in [-0.4, -0.2) is 30.3 Å². The number of likely N-dealkylation sites (tertiary alicyclic amines) is 1. The molecule has 0 radical (unpaired) electrons. The van der Waals surface area contributed by atoms with Crippen LogP contribution in [-0.2, 0) is 0 Å². The lowest BCUT2D eigenvalue weighted by atomic mass is 9.88. The Hall–Kier alpha value is -1.29. The number of Topliss-reactive ketones (excluding diaryl/α,β-unsaturated/α-hetero) is 1. The van der Waals surface area contributed by atoms with Gasteiger partial charge in [-0.2, -0.15) is 0 Å². The van der Waals surface area contributed by atoms with E-state index in [2.05, 4.69) is 18.7 Å². The molecule has 4 heteroatoms. The Labute approximate surface area is 112 Å². The second kappa shape index (κ2) is 5.78. The molecule has 1 aromatic rings. The Bertz CT molecular complexity index is 475. The molecule has 1 aliphatic rings. The number of carbonyl (C=O) groups excluding carboxylic acids is 1. The molecule has 2 unspecified atom stereocenters. The zero-order chi connectivity index (χ0) is 14.0. The summed E-state index contributed by atoms with van der Waals surface area (Å²) in [5, 5.41) is 0. The maximum atomic E-state index is 13.5. The normalized spacial score (nSPS) is 24.4. The Kier molecular flexibility index (Phi) is 4.30. The maximum absolute atomic E-state index is 13.5. The van der Waals surface area contributed by atoms with Crippen LogP contribution in [0.2, 0.25) is 0 Å². The average molecular weight is 267 g/mol. The molecule has 0 aromatic heterocycles. The van der Waals surface area contributed by atoms with Gasteiger partial charge in [0, 0.05) is 12.6 Å². The third-order valence-electron chi connectivity index (χ3n) is 4.02. The van der Waals surface area contributed by atoms with Gasteiger partial charge in [0.15, 0.2) is 5.78 Å². The molecule has 104 valence electrons. The van der Waals surface area contributed by atoms with Gasteiger partial charge in [-0.3, -0.25) is 9.69 Å². The summed E-state index contributed by atoms with van der Waals surface area (Å²) < 4.78 is 26.3. The van der Waals surface area contributed by atoms with E-state index in [9.17, 15) is 13.6 Å².